The van der Waals surface area contributed by atoms with E-state index in [0.29, 0.717) is 11.6 Å². The highest BCUT2D eigenvalue weighted by molar-refractivity contribution is 7.98. The molecular formula is C11H15N3OS. The number of amides is 1. The minimum absolute atomic E-state index is 0.107. The first-order valence-electron chi connectivity index (χ1n) is 5.16. The Morgan fingerprint density at radius 1 is 1.44 bits per heavy atom. The number of hydrogen-bond donors (Lipinski definition) is 0. The van der Waals surface area contributed by atoms with Gasteiger partial charge < -0.3 is 0 Å². The average molecular weight is 237 g/mol. The maximum atomic E-state index is 11.9. The van der Waals surface area contributed by atoms with Crippen LogP contribution in [0.5, 0.6) is 0 Å². The van der Waals surface area contributed by atoms with E-state index in [9.17, 15) is 4.79 Å². The summed E-state index contributed by atoms with van der Waals surface area (Å²) in [6, 6.07) is 0. The highest BCUT2D eigenvalue weighted by Crippen LogP contribution is 2.33. The molecule has 0 unspecified atom stereocenters. The van der Waals surface area contributed by atoms with Crippen molar-refractivity contribution in [2.45, 2.75) is 37.9 Å². The minimum atomic E-state index is -0.230. The second-order valence-electron chi connectivity index (χ2n) is 4.78. The van der Waals surface area contributed by atoms with Crippen molar-refractivity contribution in [1.29, 1.82) is 0 Å². The van der Waals surface area contributed by atoms with Crippen molar-refractivity contribution in [3.8, 4) is 0 Å². The fraction of sp³-hybridized carbons (Fsp3) is 0.545. The summed E-state index contributed by atoms with van der Waals surface area (Å²) in [5, 5.41) is 0.711. The Kier molecular flexibility index (Phi) is 2.66. The number of anilines is 1. The monoisotopic (exact) mass is 237 g/mol. The molecule has 0 bridgehead atoms. The van der Waals surface area contributed by atoms with Crippen LogP contribution in [0.15, 0.2) is 11.4 Å². The number of carbonyl (C=O) groups is 1. The first-order valence-corrected chi connectivity index (χ1v) is 6.39. The summed E-state index contributed by atoms with van der Waals surface area (Å²) in [4.78, 5) is 22.3. The maximum absolute atomic E-state index is 11.9. The summed E-state index contributed by atoms with van der Waals surface area (Å²) in [7, 11) is 0. The van der Waals surface area contributed by atoms with E-state index in [1.807, 2.05) is 27.0 Å². The quantitative estimate of drug-likeness (QED) is 0.552. The molecule has 0 saturated carbocycles. The molecule has 0 aromatic carbocycles. The second kappa shape index (κ2) is 3.73. The summed E-state index contributed by atoms with van der Waals surface area (Å²) in [5.41, 5.74) is 0.699. The molecule has 5 heteroatoms. The van der Waals surface area contributed by atoms with Gasteiger partial charge >= 0.3 is 0 Å². The Morgan fingerprint density at radius 2 is 2.12 bits per heavy atom. The lowest BCUT2D eigenvalue weighted by atomic mass is 10.1. The van der Waals surface area contributed by atoms with Gasteiger partial charge in [-0.05, 0) is 27.0 Å². The summed E-state index contributed by atoms with van der Waals surface area (Å²) in [6.45, 7) is 6.04. The lowest BCUT2D eigenvalue weighted by molar-refractivity contribution is -0.118. The first-order chi connectivity index (χ1) is 7.43. The number of fused-ring (bicyclic) bond motifs is 1. The molecule has 2 heterocycles. The zero-order chi connectivity index (χ0) is 11.9. The van der Waals surface area contributed by atoms with Gasteiger partial charge in [0.2, 0.25) is 5.91 Å². The summed E-state index contributed by atoms with van der Waals surface area (Å²) >= 11 is 1.49. The fourth-order valence-corrected chi connectivity index (χ4v) is 2.19. The van der Waals surface area contributed by atoms with Crippen LogP contribution in [-0.4, -0.2) is 27.7 Å². The Balaban J connectivity index is 2.50. The standard InChI is InChI=1S/C11H15N3OS/c1-11(2,3)14-8(15)5-7-6-12-10(16-4)13-9(7)14/h6H,5H2,1-4H3. The molecule has 0 saturated heterocycles. The molecule has 1 aromatic rings. The van der Waals surface area contributed by atoms with Crippen LogP contribution >= 0.6 is 11.8 Å². The molecule has 0 fully saturated rings. The van der Waals surface area contributed by atoms with Crippen LogP contribution < -0.4 is 4.90 Å². The predicted molar refractivity (Wildman–Crippen MR) is 64.8 cm³/mol. The molecule has 1 aliphatic rings. The first kappa shape index (κ1) is 11.4. The normalized spacial score (nSPS) is 15.5. The van der Waals surface area contributed by atoms with E-state index in [4.69, 9.17) is 0 Å². The zero-order valence-electron chi connectivity index (χ0n) is 9.94. The lowest BCUT2D eigenvalue weighted by Gasteiger charge is -2.31. The number of hydrogen-bond acceptors (Lipinski definition) is 4. The fourth-order valence-electron chi connectivity index (χ4n) is 1.85. The van der Waals surface area contributed by atoms with Crippen LogP contribution in [0.4, 0.5) is 5.82 Å². The van der Waals surface area contributed by atoms with E-state index in [2.05, 4.69) is 9.97 Å². The van der Waals surface area contributed by atoms with Crippen molar-refractivity contribution in [3.63, 3.8) is 0 Å². The van der Waals surface area contributed by atoms with Gasteiger partial charge in [-0.1, -0.05) is 11.8 Å². The number of rotatable bonds is 1. The molecule has 0 atom stereocenters. The largest absolute Gasteiger partial charge is 0.291 e. The van der Waals surface area contributed by atoms with Gasteiger partial charge in [0.25, 0.3) is 0 Å². The molecule has 0 N–H and O–H groups in total. The topological polar surface area (TPSA) is 46.1 Å². The molecular weight excluding hydrogens is 222 g/mol. The van der Waals surface area contributed by atoms with Gasteiger partial charge in [0.05, 0.1) is 6.42 Å². The van der Waals surface area contributed by atoms with Crippen molar-refractivity contribution >= 4 is 23.5 Å². The highest BCUT2D eigenvalue weighted by Gasteiger charge is 2.36. The maximum Gasteiger partial charge on any atom is 0.233 e. The van der Waals surface area contributed by atoms with Gasteiger partial charge in [0.1, 0.15) is 5.82 Å². The van der Waals surface area contributed by atoms with Gasteiger partial charge in [-0.25, -0.2) is 9.97 Å². The van der Waals surface area contributed by atoms with Gasteiger partial charge in [0.15, 0.2) is 5.16 Å². The molecule has 1 aromatic heterocycles. The number of carbonyl (C=O) groups excluding carboxylic acids is 1. The molecule has 86 valence electrons. The summed E-state index contributed by atoms with van der Waals surface area (Å²) < 4.78 is 0. The Bertz CT molecular complexity index is 439. The number of aromatic nitrogens is 2. The van der Waals surface area contributed by atoms with E-state index in [-0.39, 0.29) is 11.4 Å². The van der Waals surface area contributed by atoms with Crippen LogP contribution in [-0.2, 0) is 11.2 Å². The Hall–Kier alpha value is -1.10. The van der Waals surface area contributed by atoms with E-state index >= 15 is 0 Å². The molecule has 16 heavy (non-hydrogen) atoms. The molecule has 0 spiro atoms. The van der Waals surface area contributed by atoms with Crippen LogP contribution in [0.1, 0.15) is 26.3 Å². The smallest absolute Gasteiger partial charge is 0.233 e. The van der Waals surface area contributed by atoms with Crippen molar-refractivity contribution in [2.75, 3.05) is 11.2 Å². The van der Waals surface area contributed by atoms with Crippen molar-refractivity contribution < 1.29 is 4.79 Å². The van der Waals surface area contributed by atoms with Crippen molar-refractivity contribution in [1.82, 2.24) is 9.97 Å². The van der Waals surface area contributed by atoms with Gasteiger partial charge in [-0.15, -0.1) is 0 Å². The van der Waals surface area contributed by atoms with Crippen LogP contribution in [0.25, 0.3) is 0 Å². The summed E-state index contributed by atoms with van der Waals surface area (Å²) in [6.07, 6.45) is 4.11. The molecule has 0 radical (unpaired) electrons. The van der Waals surface area contributed by atoms with E-state index in [1.54, 1.807) is 11.1 Å². The van der Waals surface area contributed by atoms with Crippen LogP contribution in [0.2, 0.25) is 0 Å². The SMILES string of the molecule is CSc1ncc2c(n1)N(C(C)(C)C)C(=O)C2. The van der Waals surface area contributed by atoms with E-state index < -0.39 is 0 Å². The van der Waals surface area contributed by atoms with Gasteiger partial charge in [-0.2, -0.15) is 0 Å². The third-order valence-electron chi connectivity index (χ3n) is 2.48. The molecule has 2 rings (SSSR count). The predicted octanol–water partition coefficient (Wildman–Crippen LogP) is 1.89. The highest BCUT2D eigenvalue weighted by atomic mass is 32.2. The third-order valence-corrected chi connectivity index (χ3v) is 3.04. The van der Waals surface area contributed by atoms with E-state index in [1.165, 1.54) is 11.8 Å². The Morgan fingerprint density at radius 3 is 2.69 bits per heavy atom. The number of nitrogens with zero attached hydrogens (tertiary/aromatic N) is 3. The van der Waals surface area contributed by atoms with Crippen LogP contribution in [0, 0.1) is 0 Å². The van der Waals surface area contributed by atoms with Crippen LogP contribution in [0.3, 0.4) is 0 Å². The minimum Gasteiger partial charge on any atom is -0.291 e. The molecule has 0 aliphatic carbocycles. The zero-order valence-corrected chi connectivity index (χ0v) is 10.8. The lowest BCUT2D eigenvalue weighted by Crippen LogP contribution is -2.44. The van der Waals surface area contributed by atoms with Crippen molar-refractivity contribution in [2.24, 2.45) is 0 Å². The molecule has 4 nitrogen and oxygen atoms in total. The third kappa shape index (κ3) is 1.80. The van der Waals surface area contributed by atoms with Gasteiger partial charge in [0, 0.05) is 17.3 Å². The molecule has 1 amide bonds. The second-order valence-corrected chi connectivity index (χ2v) is 5.56. The van der Waals surface area contributed by atoms with E-state index in [0.717, 1.165) is 11.4 Å². The number of thioether (sulfide) groups is 1. The Labute approximate surface area is 99.5 Å². The summed E-state index contributed by atoms with van der Waals surface area (Å²) in [5.74, 6) is 0.881. The molecule has 1 aliphatic heterocycles. The van der Waals surface area contributed by atoms with Gasteiger partial charge in [-0.3, -0.25) is 9.69 Å². The average Bonchev–Trinajstić information content (AvgIpc) is 2.51. The van der Waals surface area contributed by atoms with Crippen molar-refractivity contribution in [3.05, 3.63) is 11.8 Å².